The molecule has 3 rings (SSSR count). The van der Waals surface area contributed by atoms with Gasteiger partial charge < -0.3 is 10.0 Å². The highest BCUT2D eigenvalue weighted by Crippen LogP contribution is 2.31. The monoisotopic (exact) mass is 303 g/mol. The summed E-state index contributed by atoms with van der Waals surface area (Å²) in [5, 5.41) is 10.5. The highest BCUT2D eigenvalue weighted by molar-refractivity contribution is 5.16. The van der Waals surface area contributed by atoms with Crippen molar-refractivity contribution in [3.05, 3.63) is 30.1 Å². The fourth-order valence-electron chi connectivity index (χ4n) is 3.88. The van der Waals surface area contributed by atoms with Crippen LogP contribution in [0.5, 0.6) is 0 Å². The van der Waals surface area contributed by atoms with Crippen LogP contribution in [0.1, 0.15) is 44.2 Å². The van der Waals surface area contributed by atoms with Gasteiger partial charge in [-0.05, 0) is 68.9 Å². The van der Waals surface area contributed by atoms with Gasteiger partial charge in [-0.15, -0.1) is 0 Å². The van der Waals surface area contributed by atoms with Gasteiger partial charge in [0.05, 0.1) is 6.10 Å². The van der Waals surface area contributed by atoms with Crippen molar-refractivity contribution < 1.29 is 5.11 Å². The van der Waals surface area contributed by atoms with Crippen LogP contribution in [0, 0.1) is 5.92 Å². The van der Waals surface area contributed by atoms with Gasteiger partial charge >= 0.3 is 0 Å². The third kappa shape index (κ3) is 4.06. The number of aliphatic hydroxyl groups excluding tert-OH is 1. The van der Waals surface area contributed by atoms with E-state index in [1.165, 1.54) is 31.2 Å². The molecule has 2 fully saturated rings. The summed E-state index contributed by atoms with van der Waals surface area (Å²) in [6.07, 6.45) is 8.47. The number of aromatic nitrogens is 1. The number of β-amino-alcohol motifs (C(OH)–C–C–N with tert-alkyl or cyclic N) is 1. The first-order valence-electron chi connectivity index (χ1n) is 8.77. The number of hydrogen-bond donors (Lipinski definition) is 1. The molecule has 0 radical (unpaired) electrons. The lowest BCUT2D eigenvalue weighted by Gasteiger charge is -2.33. The maximum absolute atomic E-state index is 10.5. The number of aliphatic hydroxyl groups is 1. The average Bonchev–Trinajstić information content (AvgIpc) is 2.98. The van der Waals surface area contributed by atoms with Gasteiger partial charge in [0.25, 0.3) is 0 Å². The smallest absolute Gasteiger partial charge is 0.0794 e. The fraction of sp³-hybridized carbons (Fsp3) is 0.722. The Kier molecular flexibility index (Phi) is 5.45. The number of nitrogens with zero attached hydrogens (tertiary/aromatic N) is 3. The van der Waals surface area contributed by atoms with E-state index in [9.17, 15) is 5.11 Å². The molecule has 4 heteroatoms. The third-order valence-electron chi connectivity index (χ3n) is 5.24. The summed E-state index contributed by atoms with van der Waals surface area (Å²) in [7, 11) is 0. The Morgan fingerprint density at radius 2 is 1.86 bits per heavy atom. The van der Waals surface area contributed by atoms with E-state index in [-0.39, 0.29) is 6.10 Å². The molecule has 0 bridgehead atoms. The van der Waals surface area contributed by atoms with E-state index in [4.69, 9.17) is 0 Å². The molecule has 2 saturated heterocycles. The zero-order valence-corrected chi connectivity index (χ0v) is 13.7. The van der Waals surface area contributed by atoms with Gasteiger partial charge in [0.15, 0.2) is 0 Å². The van der Waals surface area contributed by atoms with Gasteiger partial charge in [-0.25, -0.2) is 0 Å². The Morgan fingerprint density at radius 3 is 2.59 bits per heavy atom. The van der Waals surface area contributed by atoms with Crippen LogP contribution in [-0.2, 0) is 0 Å². The van der Waals surface area contributed by atoms with E-state index in [0.29, 0.717) is 6.04 Å². The summed E-state index contributed by atoms with van der Waals surface area (Å²) >= 11 is 0. The number of piperidine rings is 1. The predicted molar refractivity (Wildman–Crippen MR) is 88.6 cm³/mol. The minimum atomic E-state index is -0.240. The molecule has 2 aliphatic rings. The first-order valence-corrected chi connectivity index (χ1v) is 8.77. The quantitative estimate of drug-likeness (QED) is 0.906. The molecule has 0 saturated carbocycles. The number of rotatable bonds is 5. The van der Waals surface area contributed by atoms with Crippen LogP contribution in [0.2, 0.25) is 0 Å². The Labute approximate surface area is 134 Å². The Balaban J connectivity index is 1.51. The van der Waals surface area contributed by atoms with E-state index >= 15 is 0 Å². The summed E-state index contributed by atoms with van der Waals surface area (Å²) in [5.41, 5.74) is 1.34. The molecule has 1 N–H and O–H groups in total. The molecule has 0 aromatic carbocycles. The van der Waals surface area contributed by atoms with Crippen LogP contribution in [0.25, 0.3) is 0 Å². The van der Waals surface area contributed by atoms with Crippen molar-refractivity contribution in [2.45, 2.75) is 44.8 Å². The third-order valence-corrected chi connectivity index (χ3v) is 5.24. The van der Waals surface area contributed by atoms with Crippen molar-refractivity contribution in [3.63, 3.8) is 0 Å². The highest BCUT2D eigenvalue weighted by atomic mass is 16.3. The predicted octanol–water partition coefficient (Wildman–Crippen LogP) is 2.31. The molecule has 2 aliphatic heterocycles. The van der Waals surface area contributed by atoms with Crippen LogP contribution in [-0.4, -0.2) is 58.7 Å². The number of pyridine rings is 1. The second kappa shape index (κ2) is 7.53. The largest absolute Gasteiger partial charge is 0.390 e. The first-order chi connectivity index (χ1) is 10.7. The van der Waals surface area contributed by atoms with Gasteiger partial charge in [0, 0.05) is 31.5 Å². The summed E-state index contributed by atoms with van der Waals surface area (Å²) in [6.45, 7) is 7.34. The SMILES string of the molecule is CC1CCN(CC(O)CN2CCCC2c2ccncc2)CC1. The average molecular weight is 303 g/mol. The molecule has 1 aromatic rings. The summed E-state index contributed by atoms with van der Waals surface area (Å²) in [4.78, 5) is 9.00. The van der Waals surface area contributed by atoms with Crippen LogP contribution in [0.3, 0.4) is 0 Å². The second-order valence-corrected chi connectivity index (χ2v) is 7.07. The minimum Gasteiger partial charge on any atom is -0.390 e. The van der Waals surface area contributed by atoms with E-state index in [2.05, 4.69) is 33.8 Å². The number of likely N-dealkylation sites (tertiary alicyclic amines) is 2. The maximum atomic E-state index is 10.5. The lowest BCUT2D eigenvalue weighted by atomic mass is 9.99. The molecule has 2 unspecified atom stereocenters. The van der Waals surface area contributed by atoms with Gasteiger partial charge in [-0.2, -0.15) is 0 Å². The molecule has 0 aliphatic carbocycles. The van der Waals surface area contributed by atoms with Crippen molar-refractivity contribution in [2.24, 2.45) is 5.92 Å². The Hall–Kier alpha value is -0.970. The summed E-state index contributed by atoms with van der Waals surface area (Å²) < 4.78 is 0. The fourth-order valence-corrected chi connectivity index (χ4v) is 3.88. The zero-order valence-electron chi connectivity index (χ0n) is 13.7. The van der Waals surface area contributed by atoms with Crippen molar-refractivity contribution in [1.82, 2.24) is 14.8 Å². The summed E-state index contributed by atoms with van der Waals surface area (Å²) in [5.74, 6) is 0.850. The van der Waals surface area contributed by atoms with Crippen LogP contribution in [0.4, 0.5) is 0 Å². The first kappa shape index (κ1) is 15.9. The maximum Gasteiger partial charge on any atom is 0.0794 e. The van der Waals surface area contributed by atoms with E-state index < -0.39 is 0 Å². The van der Waals surface area contributed by atoms with Crippen molar-refractivity contribution >= 4 is 0 Å². The zero-order chi connectivity index (χ0) is 15.4. The highest BCUT2D eigenvalue weighted by Gasteiger charge is 2.28. The van der Waals surface area contributed by atoms with E-state index in [0.717, 1.165) is 38.6 Å². The number of hydrogen-bond acceptors (Lipinski definition) is 4. The standard InChI is InChI=1S/C18H29N3O/c1-15-6-11-20(12-7-15)13-17(22)14-21-10-2-3-18(21)16-4-8-19-9-5-16/h4-5,8-9,15,17-18,22H,2-3,6-7,10-14H2,1H3. The van der Waals surface area contributed by atoms with Gasteiger partial charge in [-0.3, -0.25) is 9.88 Å². The van der Waals surface area contributed by atoms with Gasteiger partial charge in [-0.1, -0.05) is 6.92 Å². The van der Waals surface area contributed by atoms with Gasteiger partial charge in [0.2, 0.25) is 0 Å². The topological polar surface area (TPSA) is 39.6 Å². The Morgan fingerprint density at radius 1 is 1.14 bits per heavy atom. The minimum absolute atomic E-state index is 0.240. The van der Waals surface area contributed by atoms with Crippen LogP contribution < -0.4 is 0 Å². The molecule has 3 heterocycles. The molecule has 0 amide bonds. The molecular weight excluding hydrogens is 274 g/mol. The molecule has 4 nitrogen and oxygen atoms in total. The van der Waals surface area contributed by atoms with E-state index in [1.54, 1.807) is 0 Å². The molecule has 1 aromatic heterocycles. The molecule has 2 atom stereocenters. The van der Waals surface area contributed by atoms with Crippen molar-refractivity contribution in [3.8, 4) is 0 Å². The van der Waals surface area contributed by atoms with Crippen LogP contribution >= 0.6 is 0 Å². The van der Waals surface area contributed by atoms with Crippen LogP contribution in [0.15, 0.2) is 24.5 Å². The summed E-state index contributed by atoms with van der Waals surface area (Å²) in [6, 6.07) is 4.68. The van der Waals surface area contributed by atoms with Crippen molar-refractivity contribution in [2.75, 3.05) is 32.7 Å². The molecule has 22 heavy (non-hydrogen) atoms. The lowest BCUT2D eigenvalue weighted by Crippen LogP contribution is -2.43. The molecular formula is C18H29N3O. The van der Waals surface area contributed by atoms with Gasteiger partial charge in [0.1, 0.15) is 0 Å². The normalized spacial score (nSPS) is 26.4. The molecule has 0 spiro atoms. The van der Waals surface area contributed by atoms with E-state index in [1.807, 2.05) is 12.4 Å². The Bertz CT molecular complexity index is 445. The molecule has 122 valence electrons. The van der Waals surface area contributed by atoms with Crippen molar-refractivity contribution in [1.29, 1.82) is 0 Å². The second-order valence-electron chi connectivity index (χ2n) is 7.07. The lowest BCUT2D eigenvalue weighted by molar-refractivity contribution is 0.0576.